The summed E-state index contributed by atoms with van der Waals surface area (Å²) in [6.45, 7) is 0.654. The molecule has 0 aliphatic heterocycles. The van der Waals surface area contributed by atoms with Gasteiger partial charge in [-0.3, -0.25) is 0 Å². The fourth-order valence-corrected chi connectivity index (χ4v) is 0.621. The Hall–Kier alpha value is -0.0900. The van der Waals surface area contributed by atoms with Gasteiger partial charge in [0.1, 0.15) is 6.61 Å². The first-order valence-electron chi connectivity index (χ1n) is 2.91. The highest BCUT2D eigenvalue weighted by Crippen LogP contribution is 1.79. The Morgan fingerprint density at radius 1 is 1.73 bits per heavy atom. The van der Waals surface area contributed by atoms with Crippen molar-refractivity contribution in [1.29, 1.82) is 0 Å². The average Bonchev–Trinajstić information content (AvgIpc) is 2.01. The van der Waals surface area contributed by atoms with Gasteiger partial charge in [-0.2, -0.15) is 12.6 Å². The van der Waals surface area contributed by atoms with Crippen molar-refractivity contribution >= 4 is 41.3 Å². The molecule has 0 rings (SSSR count). The molecule has 62 valence electrons. The number of hydrogen-bond donors (Lipinski definition) is 2. The fourth-order valence-electron chi connectivity index (χ4n) is 0.339. The van der Waals surface area contributed by atoms with Crippen molar-refractivity contribution in [2.24, 2.45) is 0 Å². The van der Waals surface area contributed by atoms with Crippen molar-refractivity contribution in [3.05, 3.63) is 0 Å². The Bertz CT molecular complexity index is 175. The van der Waals surface area contributed by atoms with Gasteiger partial charge in [0, 0.05) is 28.3 Å². The number of ether oxygens (including phenoxy) is 1. The molecule has 0 unspecified atom stereocenters. The highest BCUT2D eigenvalue weighted by molar-refractivity contribution is 14.1. The number of carbonyl (C=O) groups excluding carboxylic acids is 1. The molecule has 1 N–H and O–H groups in total. The molecule has 0 aliphatic rings. The summed E-state index contributed by atoms with van der Waals surface area (Å²) in [6, 6.07) is 0. The number of halogens is 1. The number of hydrogen-bond acceptors (Lipinski definition) is 3. The minimum Gasteiger partial charge on any atom is -0.449 e. The first kappa shape index (κ1) is 10.9. The monoisotopic (exact) mass is 285 g/mol. The Morgan fingerprint density at radius 2 is 2.45 bits per heavy atom. The molecule has 0 aliphatic carbocycles. The molecule has 0 radical (unpaired) electrons. The van der Waals surface area contributed by atoms with E-state index in [1.54, 1.807) is 0 Å². The highest BCUT2D eigenvalue weighted by atomic mass is 127. The molecule has 0 spiro atoms. The molecule has 0 aromatic carbocycles. The fraction of sp³-hybridized carbons (Fsp3) is 0.500. The van der Waals surface area contributed by atoms with Gasteiger partial charge in [0.15, 0.2) is 0 Å². The largest absolute Gasteiger partial charge is 0.449 e. The van der Waals surface area contributed by atoms with Crippen LogP contribution in [0.1, 0.15) is 0 Å². The molecule has 0 heterocycles. The van der Waals surface area contributed by atoms with E-state index in [0.717, 1.165) is 0 Å². The van der Waals surface area contributed by atoms with Gasteiger partial charge in [-0.05, 0) is 3.93 Å². The van der Waals surface area contributed by atoms with Crippen LogP contribution in [-0.2, 0) is 4.74 Å². The van der Waals surface area contributed by atoms with Crippen LogP contribution >= 0.6 is 35.2 Å². The molecular weight excluding hydrogens is 277 g/mol. The highest BCUT2D eigenvalue weighted by Gasteiger charge is 1.96. The topological polar surface area (TPSA) is 38.3 Å². The second kappa shape index (κ2) is 8.01. The number of amides is 1. The number of thiol groups is 1. The molecule has 11 heavy (non-hydrogen) atoms. The molecule has 0 fully saturated rings. The quantitative estimate of drug-likeness (QED) is 0.462. The molecule has 0 aromatic heterocycles. The first-order chi connectivity index (χ1) is 5.31. The second-order valence-corrected chi connectivity index (χ2v) is 2.47. The molecular formula is C6H8INO2S. The second-order valence-electron chi connectivity index (χ2n) is 1.48. The third kappa shape index (κ3) is 7.81. The molecule has 0 atom stereocenters. The summed E-state index contributed by atoms with van der Waals surface area (Å²) < 4.78 is 7.25. The lowest BCUT2D eigenvalue weighted by atomic mass is 10.7. The molecule has 3 nitrogen and oxygen atoms in total. The smallest absolute Gasteiger partial charge is 0.407 e. The summed E-state index contributed by atoms with van der Waals surface area (Å²) in [4.78, 5) is 10.6. The lowest BCUT2D eigenvalue weighted by Crippen LogP contribution is -2.25. The van der Waals surface area contributed by atoms with Crippen molar-refractivity contribution in [1.82, 2.24) is 5.32 Å². The number of carbonyl (C=O) groups is 1. The predicted octanol–water partition coefficient (Wildman–Crippen LogP) is 1.04. The maximum atomic E-state index is 10.6. The van der Waals surface area contributed by atoms with Gasteiger partial charge >= 0.3 is 6.09 Å². The van der Waals surface area contributed by atoms with Crippen LogP contribution in [0.25, 0.3) is 0 Å². The minimum absolute atomic E-state index is 0.326. The third-order valence-electron chi connectivity index (χ3n) is 0.712. The molecule has 0 aromatic rings. The van der Waals surface area contributed by atoms with Crippen molar-refractivity contribution in [3.8, 4) is 9.85 Å². The van der Waals surface area contributed by atoms with E-state index in [1.807, 2.05) is 22.6 Å². The van der Waals surface area contributed by atoms with Crippen LogP contribution < -0.4 is 5.32 Å². The number of nitrogens with one attached hydrogen (secondary N) is 1. The number of rotatable bonds is 3. The summed E-state index contributed by atoms with van der Waals surface area (Å²) in [6.07, 6.45) is -0.446. The van der Waals surface area contributed by atoms with Crippen LogP contribution in [0.3, 0.4) is 0 Å². The SMILES string of the molecule is O=C(NCC#CI)OCCS. The van der Waals surface area contributed by atoms with Crippen LogP contribution in [0.4, 0.5) is 4.79 Å². The zero-order chi connectivity index (χ0) is 8.53. The molecule has 1 amide bonds. The maximum absolute atomic E-state index is 10.6. The van der Waals surface area contributed by atoms with Gasteiger partial charge in [-0.15, -0.1) is 0 Å². The van der Waals surface area contributed by atoms with Gasteiger partial charge in [0.25, 0.3) is 0 Å². The van der Waals surface area contributed by atoms with Crippen molar-refractivity contribution in [2.75, 3.05) is 18.9 Å². The molecule has 0 saturated carbocycles. The van der Waals surface area contributed by atoms with Crippen LogP contribution in [0.2, 0.25) is 0 Å². The maximum Gasteiger partial charge on any atom is 0.407 e. The summed E-state index contributed by atoms with van der Waals surface area (Å²) in [5.74, 6) is 3.19. The van der Waals surface area contributed by atoms with Gasteiger partial charge < -0.3 is 10.1 Å². The van der Waals surface area contributed by atoms with E-state index in [2.05, 4.69) is 32.5 Å². The van der Waals surface area contributed by atoms with Gasteiger partial charge in [-0.1, -0.05) is 5.92 Å². The predicted molar refractivity (Wildman–Crippen MR) is 55.0 cm³/mol. The Morgan fingerprint density at radius 3 is 3.00 bits per heavy atom. The van der Waals surface area contributed by atoms with Gasteiger partial charge in [0.05, 0.1) is 6.54 Å². The zero-order valence-corrected chi connectivity index (χ0v) is 8.81. The summed E-state index contributed by atoms with van der Waals surface area (Å²) in [7, 11) is 0. The first-order valence-corrected chi connectivity index (χ1v) is 4.62. The van der Waals surface area contributed by atoms with Gasteiger partial charge in [-0.25, -0.2) is 4.79 Å². The lowest BCUT2D eigenvalue weighted by Gasteiger charge is -2.00. The Kier molecular flexibility index (Phi) is 7.95. The van der Waals surface area contributed by atoms with Crippen LogP contribution in [0.5, 0.6) is 0 Å². The Balaban J connectivity index is 3.27. The van der Waals surface area contributed by atoms with Crippen LogP contribution in [0, 0.1) is 9.85 Å². The van der Waals surface area contributed by atoms with Crippen molar-refractivity contribution in [3.63, 3.8) is 0 Å². The van der Waals surface area contributed by atoms with Crippen LogP contribution in [-0.4, -0.2) is 25.0 Å². The summed E-state index contributed by atoms with van der Waals surface area (Å²) in [5.41, 5.74) is 0. The summed E-state index contributed by atoms with van der Waals surface area (Å²) >= 11 is 5.77. The summed E-state index contributed by atoms with van der Waals surface area (Å²) in [5, 5.41) is 2.44. The third-order valence-corrected chi connectivity index (χ3v) is 1.28. The standard InChI is InChI=1S/C6H8INO2S/c7-2-1-3-8-6(9)10-4-5-11/h11H,3-5H2,(H,8,9). The van der Waals surface area contributed by atoms with Crippen molar-refractivity contribution in [2.45, 2.75) is 0 Å². The number of alkyl carbamates (subject to hydrolysis) is 1. The Labute approximate surface area is 84.8 Å². The van der Waals surface area contributed by atoms with E-state index in [0.29, 0.717) is 18.9 Å². The minimum atomic E-state index is -0.446. The van der Waals surface area contributed by atoms with E-state index < -0.39 is 6.09 Å². The van der Waals surface area contributed by atoms with Gasteiger partial charge in [0.2, 0.25) is 0 Å². The molecule has 0 bridgehead atoms. The van der Waals surface area contributed by atoms with E-state index >= 15 is 0 Å². The van der Waals surface area contributed by atoms with Crippen LogP contribution in [0.15, 0.2) is 0 Å². The van der Waals surface area contributed by atoms with E-state index in [4.69, 9.17) is 0 Å². The molecule has 0 saturated heterocycles. The normalized spacial score (nSPS) is 7.82. The van der Waals surface area contributed by atoms with E-state index in [9.17, 15) is 4.79 Å². The van der Waals surface area contributed by atoms with E-state index in [-0.39, 0.29) is 0 Å². The average molecular weight is 285 g/mol. The lowest BCUT2D eigenvalue weighted by molar-refractivity contribution is 0.154. The molecule has 5 heteroatoms. The van der Waals surface area contributed by atoms with Crippen molar-refractivity contribution < 1.29 is 9.53 Å². The van der Waals surface area contributed by atoms with E-state index in [1.165, 1.54) is 0 Å². The zero-order valence-electron chi connectivity index (χ0n) is 5.76.